The van der Waals surface area contributed by atoms with E-state index in [1.807, 2.05) is 6.92 Å². The van der Waals surface area contributed by atoms with E-state index in [1.165, 1.54) is 0 Å². The SMILES string of the molecule is Cc1noc(CN2CCC(C)(CN)C2)n1. The van der Waals surface area contributed by atoms with E-state index in [9.17, 15) is 0 Å². The van der Waals surface area contributed by atoms with Crippen LogP contribution in [-0.4, -0.2) is 34.7 Å². The van der Waals surface area contributed by atoms with Gasteiger partial charge < -0.3 is 10.3 Å². The Bertz CT molecular complexity index is 338. The minimum absolute atomic E-state index is 0.259. The molecule has 0 aromatic carbocycles. The number of aryl methyl sites for hydroxylation is 1. The van der Waals surface area contributed by atoms with Crippen LogP contribution in [0, 0.1) is 12.3 Å². The average Bonchev–Trinajstić information content (AvgIpc) is 2.76. The molecule has 1 unspecified atom stereocenters. The highest BCUT2D eigenvalue weighted by atomic mass is 16.5. The van der Waals surface area contributed by atoms with Crippen molar-refractivity contribution in [1.82, 2.24) is 15.0 Å². The van der Waals surface area contributed by atoms with Crippen molar-refractivity contribution >= 4 is 0 Å². The van der Waals surface area contributed by atoms with Crippen LogP contribution in [0.4, 0.5) is 0 Å². The van der Waals surface area contributed by atoms with Gasteiger partial charge in [0.2, 0.25) is 5.89 Å². The van der Waals surface area contributed by atoms with Crippen molar-refractivity contribution in [1.29, 1.82) is 0 Å². The first-order chi connectivity index (χ1) is 7.11. The Hall–Kier alpha value is -0.940. The second-order valence-electron chi connectivity index (χ2n) is 4.71. The van der Waals surface area contributed by atoms with E-state index in [2.05, 4.69) is 22.0 Å². The van der Waals surface area contributed by atoms with Crippen molar-refractivity contribution in [3.63, 3.8) is 0 Å². The normalized spacial score (nSPS) is 27.4. The molecule has 1 aliphatic rings. The summed E-state index contributed by atoms with van der Waals surface area (Å²) in [4.78, 5) is 6.52. The summed E-state index contributed by atoms with van der Waals surface area (Å²) in [6.45, 7) is 7.63. The Morgan fingerprint density at radius 1 is 1.60 bits per heavy atom. The second-order valence-corrected chi connectivity index (χ2v) is 4.71. The van der Waals surface area contributed by atoms with E-state index in [0.29, 0.717) is 11.7 Å². The number of aromatic nitrogens is 2. The number of likely N-dealkylation sites (tertiary alicyclic amines) is 1. The first-order valence-corrected chi connectivity index (χ1v) is 5.33. The lowest BCUT2D eigenvalue weighted by Gasteiger charge is -2.21. The summed E-state index contributed by atoms with van der Waals surface area (Å²) < 4.78 is 5.09. The fourth-order valence-corrected chi connectivity index (χ4v) is 2.02. The van der Waals surface area contributed by atoms with Gasteiger partial charge >= 0.3 is 0 Å². The smallest absolute Gasteiger partial charge is 0.240 e. The van der Waals surface area contributed by atoms with Gasteiger partial charge in [-0.2, -0.15) is 4.98 Å². The van der Waals surface area contributed by atoms with Crippen molar-refractivity contribution in [2.45, 2.75) is 26.8 Å². The number of nitrogens with zero attached hydrogens (tertiary/aromatic N) is 3. The zero-order valence-electron chi connectivity index (χ0n) is 9.36. The lowest BCUT2D eigenvalue weighted by Crippen LogP contribution is -2.31. The van der Waals surface area contributed by atoms with Crippen molar-refractivity contribution in [2.24, 2.45) is 11.1 Å². The van der Waals surface area contributed by atoms with Gasteiger partial charge in [-0.05, 0) is 31.8 Å². The molecule has 5 heteroatoms. The van der Waals surface area contributed by atoms with Crippen LogP contribution in [0.15, 0.2) is 4.52 Å². The van der Waals surface area contributed by atoms with E-state index in [0.717, 1.165) is 32.6 Å². The van der Waals surface area contributed by atoms with Crippen LogP contribution in [-0.2, 0) is 6.54 Å². The first-order valence-electron chi connectivity index (χ1n) is 5.33. The lowest BCUT2D eigenvalue weighted by atomic mass is 9.90. The molecule has 2 N–H and O–H groups in total. The average molecular weight is 210 g/mol. The van der Waals surface area contributed by atoms with Crippen molar-refractivity contribution in [3.8, 4) is 0 Å². The Kier molecular flexibility index (Phi) is 2.75. The maximum atomic E-state index is 5.75. The molecule has 0 radical (unpaired) electrons. The molecule has 0 aliphatic carbocycles. The molecule has 84 valence electrons. The third-order valence-corrected chi connectivity index (χ3v) is 3.06. The van der Waals surface area contributed by atoms with Crippen molar-refractivity contribution in [3.05, 3.63) is 11.7 Å². The van der Waals surface area contributed by atoms with Crippen molar-refractivity contribution < 1.29 is 4.52 Å². The van der Waals surface area contributed by atoms with Gasteiger partial charge in [-0.25, -0.2) is 0 Å². The molecular weight excluding hydrogens is 192 g/mol. The minimum Gasteiger partial charge on any atom is -0.338 e. The zero-order chi connectivity index (χ0) is 10.9. The second kappa shape index (κ2) is 3.90. The van der Waals surface area contributed by atoms with Crippen LogP contribution in [0.1, 0.15) is 25.1 Å². The first kappa shape index (κ1) is 10.6. The van der Waals surface area contributed by atoms with Gasteiger partial charge in [0.25, 0.3) is 0 Å². The van der Waals surface area contributed by atoms with Crippen molar-refractivity contribution in [2.75, 3.05) is 19.6 Å². The topological polar surface area (TPSA) is 68.2 Å². The third kappa shape index (κ3) is 2.35. The Balaban J connectivity index is 1.92. The predicted octanol–water partition coefficient (Wildman–Crippen LogP) is 0.549. The molecule has 1 saturated heterocycles. The molecule has 1 atom stereocenters. The molecule has 5 nitrogen and oxygen atoms in total. The molecule has 1 fully saturated rings. The monoisotopic (exact) mass is 210 g/mol. The number of nitrogens with two attached hydrogens (primary N) is 1. The standard InChI is InChI=1S/C10H18N4O/c1-8-12-9(15-13-8)5-14-4-3-10(2,6-11)7-14/h3-7,11H2,1-2H3. The summed E-state index contributed by atoms with van der Waals surface area (Å²) in [5.74, 6) is 1.40. The quantitative estimate of drug-likeness (QED) is 0.789. The molecule has 0 bridgehead atoms. The fraction of sp³-hybridized carbons (Fsp3) is 0.800. The molecule has 1 aromatic heterocycles. The maximum Gasteiger partial charge on any atom is 0.240 e. The van der Waals surface area contributed by atoms with E-state index >= 15 is 0 Å². The highest BCUT2D eigenvalue weighted by Crippen LogP contribution is 2.29. The van der Waals surface area contributed by atoms with Crippen LogP contribution < -0.4 is 5.73 Å². The van der Waals surface area contributed by atoms with E-state index in [4.69, 9.17) is 10.3 Å². The van der Waals surface area contributed by atoms with Crippen LogP contribution >= 0.6 is 0 Å². The highest BCUT2D eigenvalue weighted by Gasteiger charge is 2.32. The number of rotatable bonds is 3. The summed E-state index contributed by atoms with van der Waals surface area (Å²) in [5, 5.41) is 3.78. The summed E-state index contributed by atoms with van der Waals surface area (Å²) >= 11 is 0. The number of hydrogen-bond acceptors (Lipinski definition) is 5. The minimum atomic E-state index is 0.259. The fourth-order valence-electron chi connectivity index (χ4n) is 2.02. The summed E-state index contributed by atoms with van der Waals surface area (Å²) in [7, 11) is 0. The Labute approximate surface area is 89.6 Å². The van der Waals surface area contributed by atoms with Gasteiger partial charge in [-0.3, -0.25) is 4.90 Å². The Morgan fingerprint density at radius 2 is 2.40 bits per heavy atom. The maximum absolute atomic E-state index is 5.75. The summed E-state index contributed by atoms with van der Waals surface area (Å²) in [6.07, 6.45) is 1.15. The molecule has 2 rings (SSSR count). The molecule has 1 aliphatic heterocycles. The molecule has 2 heterocycles. The van der Waals surface area contributed by atoms with Crippen LogP contribution in [0.2, 0.25) is 0 Å². The molecule has 0 saturated carbocycles. The van der Waals surface area contributed by atoms with Crippen LogP contribution in [0.5, 0.6) is 0 Å². The van der Waals surface area contributed by atoms with Gasteiger partial charge in [0, 0.05) is 6.54 Å². The third-order valence-electron chi connectivity index (χ3n) is 3.06. The Morgan fingerprint density at radius 3 is 2.93 bits per heavy atom. The van der Waals surface area contributed by atoms with E-state index in [-0.39, 0.29) is 5.41 Å². The zero-order valence-corrected chi connectivity index (χ0v) is 9.36. The van der Waals surface area contributed by atoms with Gasteiger partial charge in [0.05, 0.1) is 6.54 Å². The van der Waals surface area contributed by atoms with Crippen LogP contribution in [0.3, 0.4) is 0 Å². The highest BCUT2D eigenvalue weighted by molar-refractivity contribution is 4.90. The predicted molar refractivity (Wildman–Crippen MR) is 56.1 cm³/mol. The van der Waals surface area contributed by atoms with Gasteiger partial charge in [0.1, 0.15) is 0 Å². The van der Waals surface area contributed by atoms with Crippen LogP contribution in [0.25, 0.3) is 0 Å². The summed E-state index contributed by atoms with van der Waals surface area (Å²) in [5.41, 5.74) is 6.01. The summed E-state index contributed by atoms with van der Waals surface area (Å²) in [6, 6.07) is 0. The largest absolute Gasteiger partial charge is 0.338 e. The molecule has 15 heavy (non-hydrogen) atoms. The van der Waals surface area contributed by atoms with Gasteiger partial charge in [0.15, 0.2) is 5.82 Å². The molecular formula is C10H18N4O. The molecule has 0 amide bonds. The van der Waals surface area contributed by atoms with Gasteiger partial charge in [-0.1, -0.05) is 12.1 Å². The number of hydrogen-bond donors (Lipinski definition) is 1. The van der Waals surface area contributed by atoms with Gasteiger partial charge in [-0.15, -0.1) is 0 Å². The molecule has 1 aromatic rings. The van der Waals surface area contributed by atoms with E-state index in [1.54, 1.807) is 0 Å². The lowest BCUT2D eigenvalue weighted by molar-refractivity contribution is 0.239. The molecule has 0 spiro atoms. The van der Waals surface area contributed by atoms with E-state index < -0.39 is 0 Å².